The van der Waals surface area contributed by atoms with Crippen LogP contribution in [0.1, 0.15) is 48.5 Å². The average Bonchev–Trinajstić information content (AvgIpc) is 2.16. The molecule has 0 unspecified atom stereocenters. The van der Waals surface area contributed by atoms with Crippen LogP contribution in [0.3, 0.4) is 0 Å². The normalized spacial score (nSPS) is 12.1. The van der Waals surface area contributed by atoms with Crippen LogP contribution in [0.2, 0.25) is 16.6 Å². The molecule has 0 aromatic heterocycles. The Morgan fingerprint density at radius 2 is 1.38 bits per heavy atom. The van der Waals surface area contributed by atoms with E-state index in [-0.39, 0.29) is 0 Å². The standard InChI is InChI=1S/C14H28OSi/c1-8-15-10-9-11-16(12(2)3,13(4)5)14(6)7/h12-14H,8,10H2,1-7H3. The quantitative estimate of drug-likeness (QED) is 0.397. The molecule has 0 aliphatic carbocycles. The van der Waals surface area contributed by atoms with Gasteiger partial charge >= 0.3 is 0 Å². The maximum atomic E-state index is 5.32. The Hall–Kier alpha value is -0.263. The fraction of sp³-hybridized carbons (Fsp3) is 0.857. The van der Waals surface area contributed by atoms with Crippen molar-refractivity contribution in [3.05, 3.63) is 0 Å². The molecule has 0 rings (SSSR count). The van der Waals surface area contributed by atoms with Gasteiger partial charge in [0.25, 0.3) is 0 Å². The van der Waals surface area contributed by atoms with Gasteiger partial charge in [-0.1, -0.05) is 47.5 Å². The van der Waals surface area contributed by atoms with Crippen LogP contribution in [0.25, 0.3) is 0 Å². The highest BCUT2D eigenvalue weighted by atomic mass is 28.3. The molecule has 0 fully saturated rings. The summed E-state index contributed by atoms with van der Waals surface area (Å²) in [6, 6.07) is 0. The molecule has 0 aliphatic heterocycles. The van der Waals surface area contributed by atoms with Crippen LogP contribution in [0.4, 0.5) is 0 Å². The predicted octanol–water partition coefficient (Wildman–Crippen LogP) is 4.24. The van der Waals surface area contributed by atoms with Gasteiger partial charge in [0.2, 0.25) is 0 Å². The monoisotopic (exact) mass is 240 g/mol. The highest BCUT2D eigenvalue weighted by Gasteiger charge is 2.41. The summed E-state index contributed by atoms with van der Waals surface area (Å²) in [6.45, 7) is 17.4. The smallest absolute Gasteiger partial charge is 0.146 e. The molecule has 0 bridgehead atoms. The molecule has 2 heteroatoms. The molecule has 0 radical (unpaired) electrons. The molecule has 0 N–H and O–H groups in total. The van der Waals surface area contributed by atoms with E-state index in [0.717, 1.165) is 6.61 Å². The number of hydrogen-bond donors (Lipinski definition) is 0. The van der Waals surface area contributed by atoms with Crippen molar-refractivity contribution in [2.75, 3.05) is 13.2 Å². The van der Waals surface area contributed by atoms with Crippen molar-refractivity contribution in [2.45, 2.75) is 65.1 Å². The molecular weight excluding hydrogens is 212 g/mol. The zero-order valence-corrected chi connectivity index (χ0v) is 13.1. The number of rotatable bonds is 5. The molecule has 0 atom stereocenters. The minimum Gasteiger partial charge on any atom is -0.369 e. The number of hydrogen-bond acceptors (Lipinski definition) is 1. The minimum absolute atomic E-state index is 0.595. The molecule has 0 aromatic rings. The fourth-order valence-electron chi connectivity index (χ4n) is 2.78. The minimum atomic E-state index is -1.52. The fourth-order valence-corrected chi connectivity index (χ4v) is 8.02. The third-order valence-electron chi connectivity index (χ3n) is 3.55. The van der Waals surface area contributed by atoms with Crippen molar-refractivity contribution in [3.8, 4) is 11.5 Å². The van der Waals surface area contributed by atoms with Crippen LogP contribution in [0.15, 0.2) is 0 Å². The zero-order valence-electron chi connectivity index (χ0n) is 12.1. The van der Waals surface area contributed by atoms with E-state index in [0.29, 0.717) is 23.2 Å². The van der Waals surface area contributed by atoms with Gasteiger partial charge in [-0.3, -0.25) is 0 Å². The Balaban J connectivity index is 4.95. The highest BCUT2D eigenvalue weighted by Crippen LogP contribution is 2.40. The first-order valence-corrected chi connectivity index (χ1v) is 8.70. The molecule has 0 amide bonds. The zero-order chi connectivity index (χ0) is 12.8. The van der Waals surface area contributed by atoms with Crippen LogP contribution < -0.4 is 0 Å². The van der Waals surface area contributed by atoms with E-state index in [1.165, 1.54) is 0 Å². The molecule has 0 aliphatic rings. The maximum Gasteiger partial charge on any atom is 0.146 e. The highest BCUT2D eigenvalue weighted by molar-refractivity contribution is 6.90. The van der Waals surface area contributed by atoms with Gasteiger partial charge < -0.3 is 4.74 Å². The molecule has 0 saturated carbocycles. The molecular formula is C14H28OSi. The van der Waals surface area contributed by atoms with Gasteiger partial charge in [0, 0.05) is 6.61 Å². The molecule has 94 valence electrons. The van der Waals surface area contributed by atoms with E-state index in [1.54, 1.807) is 0 Å². The first-order chi connectivity index (χ1) is 7.39. The van der Waals surface area contributed by atoms with E-state index >= 15 is 0 Å². The Labute approximate surface area is 103 Å². The Kier molecular flexibility index (Phi) is 7.02. The first-order valence-electron chi connectivity index (χ1n) is 6.47. The second kappa shape index (κ2) is 7.14. The van der Waals surface area contributed by atoms with Gasteiger partial charge in [0.1, 0.15) is 14.7 Å². The third kappa shape index (κ3) is 3.64. The topological polar surface area (TPSA) is 9.23 Å². The van der Waals surface area contributed by atoms with Crippen molar-refractivity contribution < 1.29 is 4.74 Å². The molecule has 16 heavy (non-hydrogen) atoms. The van der Waals surface area contributed by atoms with Crippen LogP contribution in [0.5, 0.6) is 0 Å². The Bertz CT molecular complexity index is 223. The van der Waals surface area contributed by atoms with Gasteiger partial charge in [-0.15, -0.1) is 5.54 Å². The molecule has 0 aromatic carbocycles. The summed E-state index contributed by atoms with van der Waals surface area (Å²) in [4.78, 5) is 0. The van der Waals surface area contributed by atoms with Crippen LogP contribution in [0, 0.1) is 11.5 Å². The predicted molar refractivity (Wildman–Crippen MR) is 75.3 cm³/mol. The Morgan fingerprint density at radius 3 is 1.69 bits per heavy atom. The lowest BCUT2D eigenvalue weighted by molar-refractivity contribution is 0.182. The van der Waals surface area contributed by atoms with Gasteiger partial charge in [-0.2, -0.15) is 0 Å². The van der Waals surface area contributed by atoms with Crippen molar-refractivity contribution in [3.63, 3.8) is 0 Å². The Morgan fingerprint density at radius 1 is 0.938 bits per heavy atom. The first kappa shape index (κ1) is 15.7. The average molecular weight is 240 g/mol. The summed E-state index contributed by atoms with van der Waals surface area (Å²) < 4.78 is 5.32. The van der Waals surface area contributed by atoms with Crippen molar-refractivity contribution in [1.82, 2.24) is 0 Å². The van der Waals surface area contributed by atoms with E-state index < -0.39 is 8.07 Å². The van der Waals surface area contributed by atoms with E-state index in [2.05, 4.69) is 53.0 Å². The van der Waals surface area contributed by atoms with Crippen molar-refractivity contribution in [1.29, 1.82) is 0 Å². The van der Waals surface area contributed by atoms with Gasteiger partial charge in [0.15, 0.2) is 0 Å². The van der Waals surface area contributed by atoms with Crippen molar-refractivity contribution >= 4 is 8.07 Å². The summed E-state index contributed by atoms with van der Waals surface area (Å²) in [5.74, 6) is 3.26. The third-order valence-corrected chi connectivity index (χ3v) is 9.89. The van der Waals surface area contributed by atoms with Crippen LogP contribution in [-0.2, 0) is 4.74 Å². The molecule has 1 nitrogen and oxygen atoms in total. The summed E-state index contributed by atoms with van der Waals surface area (Å²) in [6.07, 6.45) is 0. The van der Waals surface area contributed by atoms with Gasteiger partial charge in [-0.05, 0) is 23.5 Å². The second-order valence-corrected chi connectivity index (χ2v) is 10.9. The second-order valence-electron chi connectivity index (χ2n) is 5.34. The number of ether oxygens (including phenoxy) is 1. The lowest BCUT2D eigenvalue weighted by Gasteiger charge is -2.38. The largest absolute Gasteiger partial charge is 0.369 e. The summed E-state index contributed by atoms with van der Waals surface area (Å²) >= 11 is 0. The SMILES string of the molecule is CCOCC#C[Si](C(C)C)(C(C)C)C(C)C. The maximum absolute atomic E-state index is 5.32. The molecule has 0 spiro atoms. The summed E-state index contributed by atoms with van der Waals surface area (Å²) in [7, 11) is -1.52. The van der Waals surface area contributed by atoms with E-state index in [1.807, 2.05) is 6.92 Å². The van der Waals surface area contributed by atoms with Gasteiger partial charge in [-0.25, -0.2) is 0 Å². The van der Waals surface area contributed by atoms with Crippen molar-refractivity contribution in [2.24, 2.45) is 0 Å². The lowest BCUT2D eigenvalue weighted by Crippen LogP contribution is -2.43. The summed E-state index contributed by atoms with van der Waals surface area (Å²) in [5.41, 5.74) is 5.76. The van der Waals surface area contributed by atoms with Crippen LogP contribution in [-0.4, -0.2) is 21.3 Å². The lowest BCUT2D eigenvalue weighted by atomic mass is 10.5. The van der Waals surface area contributed by atoms with Gasteiger partial charge in [0.05, 0.1) is 0 Å². The van der Waals surface area contributed by atoms with Crippen LogP contribution >= 0.6 is 0 Å². The van der Waals surface area contributed by atoms with E-state index in [9.17, 15) is 0 Å². The summed E-state index contributed by atoms with van der Waals surface area (Å²) in [5, 5.41) is 0. The molecule has 0 saturated heterocycles. The molecule has 0 heterocycles. The van der Waals surface area contributed by atoms with E-state index in [4.69, 9.17) is 4.74 Å².